The highest BCUT2D eigenvalue weighted by molar-refractivity contribution is 5.96. The van der Waals surface area contributed by atoms with E-state index in [0.29, 0.717) is 17.0 Å². The lowest BCUT2D eigenvalue weighted by Crippen LogP contribution is -2.38. The van der Waals surface area contributed by atoms with Gasteiger partial charge in [0.15, 0.2) is 12.3 Å². The Labute approximate surface area is 139 Å². The Morgan fingerprint density at radius 1 is 1.12 bits per heavy atom. The summed E-state index contributed by atoms with van der Waals surface area (Å²) in [6.07, 6.45) is 3.29. The van der Waals surface area contributed by atoms with Crippen LogP contribution in [0.5, 0.6) is 5.75 Å². The van der Waals surface area contributed by atoms with Gasteiger partial charge in [-0.25, -0.2) is 0 Å². The third kappa shape index (κ3) is 3.53. The molecule has 24 heavy (non-hydrogen) atoms. The first-order chi connectivity index (χ1) is 11.6. The van der Waals surface area contributed by atoms with Gasteiger partial charge in [-0.1, -0.05) is 0 Å². The van der Waals surface area contributed by atoms with E-state index in [4.69, 9.17) is 10.5 Å². The molecule has 8 heteroatoms. The molecular formula is C16H19N5O3. The van der Waals surface area contributed by atoms with Crippen LogP contribution >= 0.6 is 0 Å². The number of nitrogens with zero attached hydrogens (tertiary/aromatic N) is 3. The maximum atomic E-state index is 12.1. The van der Waals surface area contributed by atoms with E-state index in [-0.39, 0.29) is 18.2 Å². The van der Waals surface area contributed by atoms with E-state index in [2.05, 4.69) is 15.4 Å². The number of benzene rings is 1. The fourth-order valence-electron chi connectivity index (χ4n) is 2.69. The fourth-order valence-corrected chi connectivity index (χ4v) is 2.69. The summed E-state index contributed by atoms with van der Waals surface area (Å²) in [6, 6.07) is 6.92. The number of hydrogen-bond acceptors (Lipinski definition) is 5. The molecule has 3 rings (SSSR count). The van der Waals surface area contributed by atoms with Gasteiger partial charge in [-0.2, -0.15) is 15.4 Å². The molecular weight excluding hydrogens is 310 g/mol. The number of aromatic nitrogens is 3. The van der Waals surface area contributed by atoms with E-state index in [9.17, 15) is 9.59 Å². The number of piperidine rings is 1. The average Bonchev–Trinajstić information content (AvgIpc) is 3.11. The lowest BCUT2D eigenvalue weighted by molar-refractivity contribution is -0.134. The molecule has 0 saturated carbocycles. The normalized spacial score (nSPS) is 14.4. The zero-order valence-electron chi connectivity index (χ0n) is 13.2. The van der Waals surface area contributed by atoms with Crippen molar-refractivity contribution in [3.8, 4) is 17.0 Å². The van der Waals surface area contributed by atoms with Crippen LogP contribution < -0.4 is 10.5 Å². The molecule has 2 amide bonds. The van der Waals surface area contributed by atoms with Gasteiger partial charge < -0.3 is 15.4 Å². The summed E-state index contributed by atoms with van der Waals surface area (Å²) >= 11 is 0. The summed E-state index contributed by atoms with van der Waals surface area (Å²) in [5.74, 6) is -0.0641. The number of aromatic amines is 1. The van der Waals surface area contributed by atoms with Crippen molar-refractivity contribution in [2.75, 3.05) is 19.7 Å². The van der Waals surface area contributed by atoms with Crippen molar-refractivity contribution in [3.63, 3.8) is 0 Å². The number of ether oxygens (including phenoxy) is 1. The highest BCUT2D eigenvalue weighted by atomic mass is 16.5. The fraction of sp³-hybridized carbons (Fsp3) is 0.375. The summed E-state index contributed by atoms with van der Waals surface area (Å²) in [7, 11) is 0. The minimum atomic E-state index is -0.647. The molecule has 2 aromatic rings. The van der Waals surface area contributed by atoms with Crippen LogP contribution in [0.2, 0.25) is 0 Å². The number of nitrogens with one attached hydrogen (secondary N) is 1. The quantitative estimate of drug-likeness (QED) is 0.848. The molecule has 0 radical (unpaired) electrons. The lowest BCUT2D eigenvalue weighted by atomic mass is 10.1. The highest BCUT2D eigenvalue weighted by Crippen LogP contribution is 2.22. The first-order valence-electron chi connectivity index (χ1n) is 7.87. The SMILES string of the molecule is NC(=O)c1n[nH]nc1-c1ccc(OCC(=O)N2CCCCC2)cc1. The smallest absolute Gasteiger partial charge is 0.271 e. The Bertz CT molecular complexity index is 720. The van der Waals surface area contributed by atoms with Gasteiger partial charge in [-0.3, -0.25) is 9.59 Å². The molecule has 3 N–H and O–H groups in total. The van der Waals surface area contributed by atoms with E-state index in [1.807, 2.05) is 4.90 Å². The van der Waals surface area contributed by atoms with Gasteiger partial charge >= 0.3 is 0 Å². The molecule has 1 aliphatic rings. The van der Waals surface area contributed by atoms with Crippen LogP contribution in [0.4, 0.5) is 0 Å². The van der Waals surface area contributed by atoms with E-state index in [1.165, 1.54) is 6.42 Å². The average molecular weight is 329 g/mol. The van der Waals surface area contributed by atoms with Crippen molar-refractivity contribution in [3.05, 3.63) is 30.0 Å². The molecule has 0 atom stereocenters. The summed E-state index contributed by atoms with van der Waals surface area (Å²) < 4.78 is 5.54. The van der Waals surface area contributed by atoms with Gasteiger partial charge in [0.25, 0.3) is 11.8 Å². The third-order valence-electron chi connectivity index (χ3n) is 3.98. The van der Waals surface area contributed by atoms with Crippen molar-refractivity contribution >= 4 is 11.8 Å². The number of nitrogens with two attached hydrogens (primary N) is 1. The number of primary amides is 1. The largest absolute Gasteiger partial charge is 0.484 e. The number of amides is 2. The summed E-state index contributed by atoms with van der Waals surface area (Å²) in [5, 5.41) is 10.1. The topological polar surface area (TPSA) is 114 Å². The lowest BCUT2D eigenvalue weighted by Gasteiger charge is -2.26. The highest BCUT2D eigenvalue weighted by Gasteiger charge is 2.17. The predicted molar refractivity (Wildman–Crippen MR) is 86.3 cm³/mol. The molecule has 0 bridgehead atoms. The molecule has 1 fully saturated rings. The van der Waals surface area contributed by atoms with Crippen molar-refractivity contribution in [2.24, 2.45) is 5.73 Å². The molecule has 1 saturated heterocycles. The molecule has 0 aliphatic carbocycles. The second-order valence-corrected chi connectivity index (χ2v) is 5.64. The first kappa shape index (κ1) is 16.0. The van der Waals surface area contributed by atoms with E-state index < -0.39 is 5.91 Å². The van der Waals surface area contributed by atoms with Crippen molar-refractivity contribution in [2.45, 2.75) is 19.3 Å². The van der Waals surface area contributed by atoms with Crippen LogP contribution in [0.3, 0.4) is 0 Å². The second-order valence-electron chi connectivity index (χ2n) is 5.64. The Hall–Kier alpha value is -2.90. The van der Waals surface area contributed by atoms with Crippen molar-refractivity contribution in [1.82, 2.24) is 20.3 Å². The summed E-state index contributed by atoms with van der Waals surface area (Å²) in [5.41, 5.74) is 6.41. The maximum Gasteiger partial charge on any atom is 0.271 e. The minimum Gasteiger partial charge on any atom is -0.484 e. The Morgan fingerprint density at radius 3 is 2.50 bits per heavy atom. The van der Waals surface area contributed by atoms with Crippen LogP contribution in [-0.4, -0.2) is 51.8 Å². The van der Waals surface area contributed by atoms with Crippen molar-refractivity contribution in [1.29, 1.82) is 0 Å². The number of carbonyl (C=O) groups is 2. The minimum absolute atomic E-state index is 0.00583. The van der Waals surface area contributed by atoms with Gasteiger partial charge in [0, 0.05) is 18.7 Å². The van der Waals surface area contributed by atoms with Gasteiger partial charge in [0.1, 0.15) is 11.4 Å². The second kappa shape index (κ2) is 7.12. The van der Waals surface area contributed by atoms with E-state index in [1.54, 1.807) is 24.3 Å². The van der Waals surface area contributed by atoms with Crippen LogP contribution in [0, 0.1) is 0 Å². The molecule has 8 nitrogen and oxygen atoms in total. The molecule has 0 spiro atoms. The van der Waals surface area contributed by atoms with Crippen LogP contribution in [0.15, 0.2) is 24.3 Å². The Kier molecular flexibility index (Phi) is 4.74. The van der Waals surface area contributed by atoms with Gasteiger partial charge in [-0.05, 0) is 43.5 Å². The molecule has 2 heterocycles. The maximum absolute atomic E-state index is 12.1. The van der Waals surface area contributed by atoms with Gasteiger partial charge in [0.2, 0.25) is 0 Å². The van der Waals surface area contributed by atoms with Gasteiger partial charge in [-0.15, -0.1) is 0 Å². The molecule has 1 aliphatic heterocycles. The van der Waals surface area contributed by atoms with Crippen LogP contribution in [0.1, 0.15) is 29.8 Å². The number of hydrogen-bond donors (Lipinski definition) is 2. The predicted octanol–water partition coefficient (Wildman–Crippen LogP) is 0.962. The van der Waals surface area contributed by atoms with Crippen LogP contribution in [0.25, 0.3) is 11.3 Å². The van der Waals surface area contributed by atoms with Crippen molar-refractivity contribution < 1.29 is 14.3 Å². The summed E-state index contributed by atoms with van der Waals surface area (Å²) in [4.78, 5) is 25.2. The zero-order chi connectivity index (χ0) is 16.9. The number of rotatable bonds is 5. The standard InChI is InChI=1S/C16H19N5O3/c17-16(23)15-14(18-20-19-15)11-4-6-12(7-5-11)24-10-13(22)21-8-2-1-3-9-21/h4-7H,1-3,8-10H2,(H2,17,23)(H,18,19,20). The molecule has 126 valence electrons. The summed E-state index contributed by atoms with van der Waals surface area (Å²) in [6.45, 7) is 1.64. The molecule has 1 aromatic carbocycles. The molecule has 0 unspecified atom stereocenters. The van der Waals surface area contributed by atoms with E-state index in [0.717, 1.165) is 25.9 Å². The number of H-pyrrole nitrogens is 1. The monoisotopic (exact) mass is 329 g/mol. The zero-order valence-corrected chi connectivity index (χ0v) is 13.2. The van der Waals surface area contributed by atoms with E-state index >= 15 is 0 Å². The Morgan fingerprint density at radius 2 is 1.83 bits per heavy atom. The third-order valence-corrected chi connectivity index (χ3v) is 3.98. The first-order valence-corrected chi connectivity index (χ1v) is 7.87. The molecule has 1 aromatic heterocycles. The number of likely N-dealkylation sites (tertiary alicyclic amines) is 1. The Balaban J connectivity index is 1.61. The van der Waals surface area contributed by atoms with Gasteiger partial charge in [0.05, 0.1) is 0 Å². The number of carbonyl (C=O) groups excluding carboxylic acids is 2. The van der Waals surface area contributed by atoms with Crippen LogP contribution in [-0.2, 0) is 4.79 Å².